The molecule has 3 nitrogen and oxygen atoms in total. The van der Waals surface area contributed by atoms with Gasteiger partial charge in [-0.2, -0.15) is 0 Å². The highest BCUT2D eigenvalue weighted by molar-refractivity contribution is 6.54. The van der Waals surface area contributed by atoms with Gasteiger partial charge in [0.25, 0.3) is 0 Å². The van der Waals surface area contributed by atoms with Crippen LogP contribution in [-0.4, -0.2) is 29.7 Å². The van der Waals surface area contributed by atoms with Gasteiger partial charge in [0, 0.05) is 19.9 Å². The fourth-order valence-electron chi connectivity index (χ4n) is 1.11. The molecule has 0 aliphatic heterocycles. The second-order valence-electron chi connectivity index (χ2n) is 2.85. The summed E-state index contributed by atoms with van der Waals surface area (Å²) in [5.74, 6) is -0.0383. The first-order chi connectivity index (χ1) is 6.26. The fraction of sp³-hybridized carbons (Fsp3) is 0.333. The van der Waals surface area contributed by atoms with Crippen LogP contribution in [-0.2, 0) is 9.47 Å². The van der Waals surface area contributed by atoms with Gasteiger partial charge in [-0.3, -0.25) is 0 Å². The van der Waals surface area contributed by atoms with Crippen LogP contribution in [0.5, 0.6) is 0 Å². The first-order valence-electron chi connectivity index (χ1n) is 4.16. The number of nitrogens with two attached hydrogens (primary N) is 1. The zero-order chi connectivity index (χ0) is 9.68. The van der Waals surface area contributed by atoms with Crippen LogP contribution < -0.4 is 10.9 Å². The Kier molecular flexibility index (Phi) is 3.95. The van der Waals surface area contributed by atoms with Crippen LogP contribution in [0.1, 0.15) is 0 Å². The van der Waals surface area contributed by atoms with E-state index >= 15 is 0 Å². The molecule has 13 heavy (non-hydrogen) atoms. The number of benzene rings is 1. The minimum atomic E-state index is -0.513. The van der Waals surface area contributed by atoms with Crippen molar-refractivity contribution in [2.24, 2.45) is 0 Å². The quantitative estimate of drug-likeness (QED) is 0.407. The Morgan fingerprint density at radius 1 is 1.15 bits per heavy atom. The summed E-state index contributed by atoms with van der Waals surface area (Å²) in [5.41, 5.74) is 6.37. The maximum absolute atomic E-state index is 5.58. The van der Waals surface area contributed by atoms with Crippen molar-refractivity contribution in [3.8, 4) is 0 Å². The molecule has 1 aromatic carbocycles. The molecule has 0 saturated heterocycles. The fourth-order valence-corrected chi connectivity index (χ4v) is 2.34. The maximum Gasteiger partial charge on any atom is 0.139 e. The van der Waals surface area contributed by atoms with Gasteiger partial charge >= 0.3 is 0 Å². The Morgan fingerprint density at radius 2 is 1.69 bits per heavy atom. The Bertz CT molecular complexity index is 246. The minimum Gasteiger partial charge on any atom is -0.399 e. The molecule has 0 amide bonds. The second-order valence-corrected chi connectivity index (χ2v) is 4.74. The molecule has 0 spiro atoms. The number of hydrogen-bond donors (Lipinski definition) is 1. The van der Waals surface area contributed by atoms with Crippen molar-refractivity contribution in [2.45, 2.75) is 5.91 Å². The lowest BCUT2D eigenvalue weighted by molar-refractivity contribution is -0.0429. The van der Waals surface area contributed by atoms with Crippen molar-refractivity contribution in [1.82, 2.24) is 0 Å². The Hall–Kier alpha value is -0.843. The Morgan fingerprint density at radius 3 is 2.15 bits per heavy atom. The Labute approximate surface area is 80.7 Å². The lowest BCUT2D eigenvalue weighted by Gasteiger charge is -2.12. The van der Waals surface area contributed by atoms with E-state index in [0.29, 0.717) is 0 Å². The predicted octanol–water partition coefficient (Wildman–Crippen LogP) is -0.361. The van der Waals surface area contributed by atoms with E-state index in [0.717, 1.165) is 5.69 Å². The molecule has 2 N–H and O–H groups in total. The highest BCUT2D eigenvalue weighted by Crippen LogP contribution is 1.97. The summed E-state index contributed by atoms with van der Waals surface area (Å²) in [4.78, 5) is 0. The molecule has 72 valence electrons. The van der Waals surface area contributed by atoms with E-state index in [4.69, 9.17) is 15.2 Å². The highest BCUT2D eigenvalue weighted by Gasteiger charge is 2.06. The van der Waals surface area contributed by atoms with Gasteiger partial charge in [-0.1, -0.05) is 17.3 Å². The zero-order valence-electron chi connectivity index (χ0n) is 7.99. The van der Waals surface area contributed by atoms with Crippen molar-refractivity contribution >= 4 is 20.4 Å². The van der Waals surface area contributed by atoms with E-state index < -0.39 is 9.52 Å². The monoisotopic (exact) mass is 197 g/mol. The third kappa shape index (κ3) is 3.18. The molecule has 0 aliphatic rings. The average Bonchev–Trinajstić information content (AvgIpc) is 2.17. The summed E-state index contributed by atoms with van der Waals surface area (Å²) in [5, 5.41) is 1.29. The Balaban J connectivity index is 2.58. The van der Waals surface area contributed by atoms with Gasteiger partial charge in [-0.25, -0.2) is 0 Å². The minimum absolute atomic E-state index is 0.0383. The number of rotatable bonds is 4. The van der Waals surface area contributed by atoms with Crippen molar-refractivity contribution in [3.05, 3.63) is 24.3 Å². The molecule has 0 bridgehead atoms. The van der Waals surface area contributed by atoms with Gasteiger partial charge in [0.2, 0.25) is 0 Å². The van der Waals surface area contributed by atoms with Crippen LogP contribution in [0.4, 0.5) is 5.69 Å². The topological polar surface area (TPSA) is 44.5 Å². The van der Waals surface area contributed by atoms with Crippen molar-refractivity contribution in [2.75, 3.05) is 20.0 Å². The molecular weight excluding hydrogens is 182 g/mol. The molecule has 0 aliphatic carbocycles. The normalized spacial score (nSPS) is 11.6. The van der Waals surface area contributed by atoms with Gasteiger partial charge in [0.15, 0.2) is 0 Å². The van der Waals surface area contributed by atoms with Crippen LogP contribution in [0.25, 0.3) is 0 Å². The van der Waals surface area contributed by atoms with E-state index in [-0.39, 0.29) is 5.91 Å². The van der Waals surface area contributed by atoms with Crippen LogP contribution >= 0.6 is 0 Å². The van der Waals surface area contributed by atoms with Gasteiger partial charge in [-0.15, -0.1) is 0 Å². The molecule has 0 unspecified atom stereocenters. The number of ether oxygens (including phenoxy) is 2. The number of hydrogen-bond acceptors (Lipinski definition) is 3. The first kappa shape index (κ1) is 10.2. The summed E-state index contributed by atoms with van der Waals surface area (Å²) in [6, 6.07) is 7.88. The van der Waals surface area contributed by atoms with Crippen molar-refractivity contribution in [3.63, 3.8) is 0 Å². The molecular formula is C9H15NO2Si. The summed E-state index contributed by atoms with van der Waals surface area (Å²) >= 11 is 0. The van der Waals surface area contributed by atoms with Crippen LogP contribution in [0.3, 0.4) is 0 Å². The molecule has 1 aromatic rings. The van der Waals surface area contributed by atoms with E-state index in [1.54, 1.807) is 14.2 Å². The van der Waals surface area contributed by atoms with Crippen LogP contribution in [0.2, 0.25) is 0 Å². The van der Waals surface area contributed by atoms with Crippen molar-refractivity contribution in [1.29, 1.82) is 0 Å². The summed E-state index contributed by atoms with van der Waals surface area (Å²) < 4.78 is 10.3. The standard InChI is InChI=1S/C9H15NO2Si/c1-11-9(12-2)13-8-5-3-7(10)4-6-8/h3-6,9H,10,13H2,1-2H3. The molecule has 0 aromatic heterocycles. The summed E-state index contributed by atoms with van der Waals surface area (Å²) in [6.07, 6.45) is 0. The van der Waals surface area contributed by atoms with Crippen LogP contribution in [0.15, 0.2) is 24.3 Å². The summed E-state index contributed by atoms with van der Waals surface area (Å²) in [7, 11) is 2.82. The maximum atomic E-state index is 5.58. The predicted molar refractivity (Wildman–Crippen MR) is 56.8 cm³/mol. The molecule has 0 radical (unpaired) electrons. The number of anilines is 1. The van der Waals surface area contributed by atoms with E-state index in [9.17, 15) is 0 Å². The molecule has 1 rings (SSSR count). The van der Waals surface area contributed by atoms with Gasteiger partial charge < -0.3 is 15.2 Å². The van der Waals surface area contributed by atoms with E-state index in [2.05, 4.69) is 0 Å². The average molecular weight is 197 g/mol. The molecule has 0 saturated carbocycles. The third-order valence-corrected chi connectivity index (χ3v) is 3.85. The number of nitrogen functional groups attached to an aromatic ring is 1. The van der Waals surface area contributed by atoms with E-state index in [1.165, 1.54) is 5.19 Å². The van der Waals surface area contributed by atoms with Gasteiger partial charge in [0.1, 0.15) is 15.4 Å². The lowest BCUT2D eigenvalue weighted by Crippen LogP contribution is -2.30. The third-order valence-electron chi connectivity index (χ3n) is 1.91. The molecule has 0 atom stereocenters. The molecule has 0 heterocycles. The van der Waals surface area contributed by atoms with Gasteiger partial charge in [0.05, 0.1) is 0 Å². The van der Waals surface area contributed by atoms with Crippen LogP contribution in [0, 0.1) is 0 Å². The molecule has 0 fully saturated rings. The SMILES string of the molecule is COC(OC)[SiH2]c1ccc(N)cc1. The van der Waals surface area contributed by atoms with Crippen molar-refractivity contribution < 1.29 is 9.47 Å². The smallest absolute Gasteiger partial charge is 0.139 e. The first-order valence-corrected chi connectivity index (χ1v) is 5.68. The molecule has 4 heteroatoms. The largest absolute Gasteiger partial charge is 0.399 e. The summed E-state index contributed by atoms with van der Waals surface area (Å²) in [6.45, 7) is 0. The number of methoxy groups -OCH3 is 2. The highest BCUT2D eigenvalue weighted by atomic mass is 28.2. The van der Waals surface area contributed by atoms with E-state index in [1.807, 2.05) is 24.3 Å². The second kappa shape index (κ2) is 5.01. The van der Waals surface area contributed by atoms with Gasteiger partial charge in [-0.05, 0) is 12.1 Å². The zero-order valence-corrected chi connectivity index (χ0v) is 9.40. The lowest BCUT2D eigenvalue weighted by atomic mass is 10.3.